The molecular weight excluding hydrogens is 248 g/mol. The quantitative estimate of drug-likeness (QED) is 0.745. The summed E-state index contributed by atoms with van der Waals surface area (Å²) < 4.78 is 2.30. The molecule has 20 heavy (non-hydrogen) atoms. The van der Waals surface area contributed by atoms with Gasteiger partial charge >= 0.3 is 0 Å². The molecule has 4 heteroatoms. The molecule has 2 rings (SSSR count). The topological polar surface area (TPSA) is 24.3 Å². The highest BCUT2D eigenvalue weighted by atomic mass is 15.3. The molecule has 1 saturated heterocycles. The van der Waals surface area contributed by atoms with Crippen molar-refractivity contribution in [3.8, 4) is 0 Å². The van der Waals surface area contributed by atoms with Crippen LogP contribution in [0.4, 0.5) is 0 Å². The number of imidazole rings is 1. The summed E-state index contributed by atoms with van der Waals surface area (Å²) in [5, 5.41) is 0. The van der Waals surface area contributed by atoms with E-state index < -0.39 is 0 Å². The summed E-state index contributed by atoms with van der Waals surface area (Å²) in [4.78, 5) is 9.33. The van der Waals surface area contributed by atoms with Gasteiger partial charge in [-0.15, -0.1) is 0 Å². The minimum absolute atomic E-state index is 0.662. The zero-order valence-corrected chi connectivity index (χ0v) is 13.2. The second-order valence-electron chi connectivity index (χ2n) is 6.44. The predicted octanol–water partition coefficient (Wildman–Crippen LogP) is 2.23. The van der Waals surface area contributed by atoms with Crippen LogP contribution in [0.3, 0.4) is 0 Å². The first kappa shape index (κ1) is 15.3. The summed E-state index contributed by atoms with van der Waals surface area (Å²) in [7, 11) is 0. The summed E-state index contributed by atoms with van der Waals surface area (Å²) in [6.45, 7) is 18.3. The van der Waals surface area contributed by atoms with E-state index in [9.17, 15) is 0 Å². The van der Waals surface area contributed by atoms with Gasteiger partial charge in [-0.05, 0) is 12.8 Å². The van der Waals surface area contributed by atoms with E-state index in [1.54, 1.807) is 0 Å². The smallest absolute Gasteiger partial charge is 0.0948 e. The molecule has 1 fully saturated rings. The summed E-state index contributed by atoms with van der Waals surface area (Å²) in [6, 6.07) is 0. The number of nitrogens with zero attached hydrogens (tertiary/aromatic N) is 4. The highest BCUT2D eigenvalue weighted by Crippen LogP contribution is 2.11. The zero-order valence-electron chi connectivity index (χ0n) is 13.2. The highest BCUT2D eigenvalue weighted by molar-refractivity contribution is 4.99. The van der Waals surface area contributed by atoms with Crippen LogP contribution >= 0.6 is 0 Å². The first-order valence-corrected chi connectivity index (χ1v) is 7.62. The lowest BCUT2D eigenvalue weighted by Crippen LogP contribution is -2.46. The number of rotatable bonds is 6. The summed E-state index contributed by atoms with van der Waals surface area (Å²) in [6.07, 6.45) is 3.98. The molecule has 4 nitrogen and oxygen atoms in total. The second kappa shape index (κ2) is 7.04. The Labute approximate surface area is 123 Å². The van der Waals surface area contributed by atoms with Crippen LogP contribution in [-0.2, 0) is 13.1 Å². The van der Waals surface area contributed by atoms with Crippen LogP contribution in [0.15, 0.2) is 24.7 Å². The maximum absolute atomic E-state index is 4.31. The molecule has 0 amide bonds. The number of hydrogen-bond acceptors (Lipinski definition) is 3. The fourth-order valence-electron chi connectivity index (χ4n) is 2.75. The number of hydrogen-bond donors (Lipinski definition) is 0. The van der Waals surface area contributed by atoms with Gasteiger partial charge in [-0.2, -0.15) is 0 Å². The molecule has 1 aromatic rings. The van der Waals surface area contributed by atoms with E-state index in [4.69, 9.17) is 0 Å². The Morgan fingerprint density at radius 3 is 2.50 bits per heavy atom. The van der Waals surface area contributed by atoms with Crippen LogP contribution in [-0.4, -0.2) is 52.1 Å². The molecule has 0 atom stereocenters. The van der Waals surface area contributed by atoms with Crippen molar-refractivity contribution in [2.24, 2.45) is 5.92 Å². The molecule has 0 radical (unpaired) electrons. The van der Waals surface area contributed by atoms with Crippen molar-refractivity contribution in [1.29, 1.82) is 0 Å². The summed E-state index contributed by atoms with van der Waals surface area (Å²) in [5.41, 5.74) is 2.60. The Bertz CT molecular complexity index is 427. The minimum Gasteiger partial charge on any atom is -0.333 e. The first-order valence-electron chi connectivity index (χ1n) is 7.62. The molecule has 2 heterocycles. The third kappa shape index (κ3) is 4.46. The van der Waals surface area contributed by atoms with Crippen LogP contribution in [0, 0.1) is 5.92 Å². The van der Waals surface area contributed by atoms with E-state index in [0.717, 1.165) is 45.8 Å². The maximum atomic E-state index is 4.31. The van der Waals surface area contributed by atoms with Gasteiger partial charge in [-0.3, -0.25) is 9.80 Å². The fourth-order valence-corrected chi connectivity index (χ4v) is 2.75. The van der Waals surface area contributed by atoms with E-state index in [0.29, 0.717) is 5.92 Å². The van der Waals surface area contributed by atoms with E-state index in [1.807, 2.05) is 12.5 Å². The lowest BCUT2D eigenvalue weighted by Gasteiger charge is -2.34. The van der Waals surface area contributed by atoms with Gasteiger partial charge in [0.25, 0.3) is 0 Å². The molecule has 1 aliphatic heterocycles. The van der Waals surface area contributed by atoms with Crippen LogP contribution < -0.4 is 0 Å². The standard InChI is InChI=1S/C16H28N4/c1-14(2)10-18-5-7-19(8-6-18)12-16-9-17-13-20(16)11-15(3)4/h9,13,15H,1,5-8,10-12H2,2-4H3. The lowest BCUT2D eigenvalue weighted by molar-refractivity contribution is 0.132. The van der Waals surface area contributed by atoms with Crippen LogP contribution in [0.5, 0.6) is 0 Å². The fraction of sp³-hybridized carbons (Fsp3) is 0.688. The van der Waals surface area contributed by atoms with Gasteiger partial charge in [0.2, 0.25) is 0 Å². The van der Waals surface area contributed by atoms with Gasteiger partial charge in [0, 0.05) is 52.0 Å². The number of aromatic nitrogens is 2. The molecule has 0 spiro atoms. The molecular formula is C16H28N4. The SMILES string of the molecule is C=C(C)CN1CCN(Cc2cncn2CC(C)C)CC1. The van der Waals surface area contributed by atoms with Crippen LogP contribution in [0.25, 0.3) is 0 Å². The van der Waals surface area contributed by atoms with Crippen LogP contribution in [0.2, 0.25) is 0 Å². The van der Waals surface area contributed by atoms with E-state index >= 15 is 0 Å². The third-order valence-electron chi connectivity index (χ3n) is 3.70. The van der Waals surface area contributed by atoms with Gasteiger partial charge in [-0.25, -0.2) is 4.98 Å². The summed E-state index contributed by atoms with van der Waals surface area (Å²) in [5.74, 6) is 0.662. The third-order valence-corrected chi connectivity index (χ3v) is 3.70. The largest absolute Gasteiger partial charge is 0.333 e. The molecule has 112 valence electrons. The van der Waals surface area contributed by atoms with Crippen molar-refractivity contribution < 1.29 is 0 Å². The lowest BCUT2D eigenvalue weighted by atomic mass is 10.2. The van der Waals surface area contributed by atoms with Crippen molar-refractivity contribution in [2.75, 3.05) is 32.7 Å². The van der Waals surface area contributed by atoms with Gasteiger partial charge in [0.05, 0.1) is 12.0 Å². The zero-order chi connectivity index (χ0) is 14.5. The van der Waals surface area contributed by atoms with Crippen molar-refractivity contribution >= 4 is 0 Å². The molecule has 1 aromatic heterocycles. The Hall–Kier alpha value is -1.13. The van der Waals surface area contributed by atoms with Gasteiger partial charge in [0.1, 0.15) is 0 Å². The molecule has 1 aliphatic rings. The van der Waals surface area contributed by atoms with Crippen LogP contribution in [0.1, 0.15) is 26.5 Å². The highest BCUT2D eigenvalue weighted by Gasteiger charge is 2.18. The normalized spacial score (nSPS) is 17.8. The monoisotopic (exact) mass is 276 g/mol. The molecule has 0 aliphatic carbocycles. The Kier molecular flexibility index (Phi) is 5.38. The first-order chi connectivity index (χ1) is 9.54. The van der Waals surface area contributed by atoms with E-state index in [2.05, 4.69) is 46.7 Å². The second-order valence-corrected chi connectivity index (χ2v) is 6.44. The average molecular weight is 276 g/mol. The van der Waals surface area contributed by atoms with Gasteiger partial charge in [-0.1, -0.05) is 26.0 Å². The molecule has 0 unspecified atom stereocenters. The number of piperazine rings is 1. The minimum atomic E-state index is 0.662. The van der Waals surface area contributed by atoms with Crippen molar-refractivity contribution in [3.63, 3.8) is 0 Å². The predicted molar refractivity (Wildman–Crippen MR) is 83.6 cm³/mol. The molecule has 0 saturated carbocycles. The van der Waals surface area contributed by atoms with Gasteiger partial charge in [0.15, 0.2) is 0 Å². The molecule has 0 N–H and O–H groups in total. The molecule has 0 aromatic carbocycles. The summed E-state index contributed by atoms with van der Waals surface area (Å²) >= 11 is 0. The molecule has 0 bridgehead atoms. The van der Waals surface area contributed by atoms with E-state index in [1.165, 1.54) is 11.3 Å². The van der Waals surface area contributed by atoms with Gasteiger partial charge < -0.3 is 4.57 Å². The maximum Gasteiger partial charge on any atom is 0.0948 e. The average Bonchev–Trinajstić information content (AvgIpc) is 2.78. The van der Waals surface area contributed by atoms with E-state index in [-0.39, 0.29) is 0 Å². The Balaban J connectivity index is 1.83. The Morgan fingerprint density at radius 1 is 1.25 bits per heavy atom. The van der Waals surface area contributed by atoms with Crippen molar-refractivity contribution in [2.45, 2.75) is 33.9 Å². The van der Waals surface area contributed by atoms with Crippen molar-refractivity contribution in [3.05, 3.63) is 30.4 Å². The van der Waals surface area contributed by atoms with Crippen molar-refractivity contribution in [1.82, 2.24) is 19.4 Å². The Morgan fingerprint density at radius 2 is 1.90 bits per heavy atom.